The predicted molar refractivity (Wildman–Crippen MR) is 73.9 cm³/mol. The molecule has 0 aromatic heterocycles. The number of benzene rings is 1. The molecule has 0 unspecified atom stereocenters. The van der Waals surface area contributed by atoms with Crippen molar-refractivity contribution in [1.82, 2.24) is 0 Å². The lowest BCUT2D eigenvalue weighted by Gasteiger charge is -2.27. The molecule has 0 bridgehead atoms. The van der Waals surface area contributed by atoms with Crippen molar-refractivity contribution in [3.05, 3.63) is 21.2 Å². The highest BCUT2D eigenvalue weighted by atomic mass is 79.9. The number of methoxy groups -OCH3 is 2. The Kier molecular flexibility index (Phi) is 4.10. The molecule has 2 N–H and O–H groups in total. The first kappa shape index (κ1) is 14.3. The second kappa shape index (κ2) is 4.86. The van der Waals surface area contributed by atoms with Gasteiger partial charge in [0.25, 0.3) is 0 Å². The molecule has 17 heavy (non-hydrogen) atoms. The zero-order chi connectivity index (χ0) is 13.4. The van der Waals surface area contributed by atoms with E-state index in [1.165, 1.54) is 0 Å². The minimum atomic E-state index is -0.487. The predicted octanol–water partition coefficient (Wildman–Crippen LogP) is 3.28. The smallest absolute Gasteiger partial charge is 0.166 e. The molecule has 0 saturated carbocycles. The summed E-state index contributed by atoms with van der Waals surface area (Å²) in [6.07, 6.45) is 0. The number of hydrogen-bond donors (Lipinski definition) is 1. The first-order valence-corrected chi connectivity index (χ1v) is 6.25. The number of halogens is 1. The molecule has 3 nitrogen and oxygen atoms in total. The van der Waals surface area contributed by atoms with E-state index in [2.05, 4.69) is 15.9 Å². The largest absolute Gasteiger partial charge is 0.493 e. The molecule has 0 aliphatic rings. The van der Waals surface area contributed by atoms with Crippen LogP contribution >= 0.6 is 15.9 Å². The highest BCUT2D eigenvalue weighted by molar-refractivity contribution is 9.10. The molecule has 1 aromatic carbocycles. The third-order valence-corrected chi connectivity index (χ3v) is 4.05. The van der Waals surface area contributed by atoms with E-state index in [1.807, 2.05) is 27.7 Å². The Labute approximate surface area is 111 Å². The maximum absolute atomic E-state index is 6.22. The van der Waals surface area contributed by atoms with Gasteiger partial charge in [-0.25, -0.2) is 0 Å². The molecule has 1 aromatic rings. The molecular formula is C13H20BrNO2. The summed E-state index contributed by atoms with van der Waals surface area (Å²) in [7, 11) is 3.28. The van der Waals surface area contributed by atoms with E-state index in [0.717, 1.165) is 32.7 Å². The van der Waals surface area contributed by atoms with Gasteiger partial charge < -0.3 is 15.2 Å². The van der Waals surface area contributed by atoms with Gasteiger partial charge in [0.2, 0.25) is 0 Å². The Bertz CT molecular complexity index is 436. The fraction of sp³-hybridized carbons (Fsp3) is 0.538. The summed E-state index contributed by atoms with van der Waals surface area (Å²) in [5.41, 5.74) is 8.81. The van der Waals surface area contributed by atoms with Crippen molar-refractivity contribution < 1.29 is 9.47 Å². The van der Waals surface area contributed by atoms with Crippen molar-refractivity contribution in [1.29, 1.82) is 0 Å². The molecular weight excluding hydrogens is 282 g/mol. The summed E-state index contributed by atoms with van der Waals surface area (Å²) in [6.45, 7) is 7.94. The van der Waals surface area contributed by atoms with E-state index in [4.69, 9.17) is 15.2 Å². The monoisotopic (exact) mass is 301 g/mol. The Hall–Kier alpha value is -0.740. The van der Waals surface area contributed by atoms with E-state index < -0.39 is 5.54 Å². The average molecular weight is 302 g/mol. The van der Waals surface area contributed by atoms with Crippen LogP contribution in [0.3, 0.4) is 0 Å². The van der Waals surface area contributed by atoms with Crippen LogP contribution in [0.2, 0.25) is 0 Å². The maximum atomic E-state index is 6.22. The van der Waals surface area contributed by atoms with Crippen LogP contribution in [0.5, 0.6) is 11.5 Å². The minimum Gasteiger partial charge on any atom is -0.493 e. The molecule has 0 saturated heterocycles. The van der Waals surface area contributed by atoms with Crippen molar-refractivity contribution in [3.63, 3.8) is 0 Å². The van der Waals surface area contributed by atoms with Crippen LogP contribution in [0.25, 0.3) is 0 Å². The fourth-order valence-corrected chi connectivity index (χ4v) is 2.54. The molecule has 0 fully saturated rings. The standard InChI is InChI=1S/C13H20BrNO2/c1-7-9(13(3,4)15)12(17-6)11(16-5)8(2)10(7)14/h15H2,1-6H3. The SMILES string of the molecule is COc1c(C)c(Br)c(C)c(C(C)(C)N)c1OC. The molecule has 0 heterocycles. The van der Waals surface area contributed by atoms with Crippen LogP contribution < -0.4 is 15.2 Å². The molecule has 0 spiro atoms. The van der Waals surface area contributed by atoms with E-state index in [0.29, 0.717) is 0 Å². The van der Waals surface area contributed by atoms with Gasteiger partial charge in [0.1, 0.15) is 0 Å². The summed E-state index contributed by atoms with van der Waals surface area (Å²) >= 11 is 3.59. The van der Waals surface area contributed by atoms with Gasteiger partial charge in [-0.2, -0.15) is 0 Å². The molecule has 0 atom stereocenters. The van der Waals surface area contributed by atoms with Crippen molar-refractivity contribution in [2.75, 3.05) is 14.2 Å². The second-order valence-electron chi connectivity index (χ2n) is 4.73. The number of ether oxygens (including phenoxy) is 2. The molecule has 1 rings (SSSR count). The number of hydrogen-bond acceptors (Lipinski definition) is 3. The van der Waals surface area contributed by atoms with Crippen molar-refractivity contribution >= 4 is 15.9 Å². The first-order valence-electron chi connectivity index (χ1n) is 5.45. The number of rotatable bonds is 3. The van der Waals surface area contributed by atoms with Gasteiger partial charge in [-0.05, 0) is 33.3 Å². The van der Waals surface area contributed by atoms with Gasteiger partial charge in [0.15, 0.2) is 11.5 Å². The van der Waals surface area contributed by atoms with E-state index in [-0.39, 0.29) is 0 Å². The summed E-state index contributed by atoms with van der Waals surface area (Å²) < 4.78 is 11.9. The third-order valence-electron chi connectivity index (χ3n) is 2.86. The van der Waals surface area contributed by atoms with Gasteiger partial charge in [-0.1, -0.05) is 15.9 Å². The normalized spacial score (nSPS) is 11.5. The molecule has 0 aliphatic carbocycles. The van der Waals surface area contributed by atoms with Crippen LogP contribution in [-0.2, 0) is 5.54 Å². The maximum Gasteiger partial charge on any atom is 0.166 e. The summed E-state index contributed by atoms with van der Waals surface area (Å²) in [6, 6.07) is 0. The van der Waals surface area contributed by atoms with Gasteiger partial charge in [0, 0.05) is 21.1 Å². The van der Waals surface area contributed by atoms with E-state index in [1.54, 1.807) is 14.2 Å². The summed E-state index contributed by atoms with van der Waals surface area (Å²) in [4.78, 5) is 0. The van der Waals surface area contributed by atoms with Crippen molar-refractivity contribution in [3.8, 4) is 11.5 Å². The van der Waals surface area contributed by atoms with Gasteiger partial charge in [-0.3, -0.25) is 0 Å². The van der Waals surface area contributed by atoms with Crippen LogP contribution in [0.4, 0.5) is 0 Å². The number of nitrogens with two attached hydrogens (primary N) is 1. The summed E-state index contributed by atoms with van der Waals surface area (Å²) in [5, 5.41) is 0. The van der Waals surface area contributed by atoms with Crippen LogP contribution in [0.15, 0.2) is 4.47 Å². The highest BCUT2D eigenvalue weighted by Crippen LogP contribution is 2.45. The van der Waals surface area contributed by atoms with Crippen LogP contribution in [0, 0.1) is 13.8 Å². The average Bonchev–Trinajstić information content (AvgIpc) is 2.23. The summed E-state index contributed by atoms with van der Waals surface area (Å²) in [5.74, 6) is 1.46. The Morgan fingerprint density at radius 1 is 1.00 bits per heavy atom. The van der Waals surface area contributed by atoms with Gasteiger partial charge in [-0.15, -0.1) is 0 Å². The van der Waals surface area contributed by atoms with Crippen LogP contribution in [-0.4, -0.2) is 14.2 Å². The van der Waals surface area contributed by atoms with E-state index >= 15 is 0 Å². The molecule has 4 heteroatoms. The molecule has 0 aliphatic heterocycles. The van der Waals surface area contributed by atoms with Crippen LogP contribution in [0.1, 0.15) is 30.5 Å². The van der Waals surface area contributed by atoms with E-state index in [9.17, 15) is 0 Å². The minimum absolute atomic E-state index is 0.487. The molecule has 0 amide bonds. The fourth-order valence-electron chi connectivity index (χ4n) is 2.16. The van der Waals surface area contributed by atoms with Gasteiger partial charge >= 0.3 is 0 Å². The van der Waals surface area contributed by atoms with Crippen molar-refractivity contribution in [2.24, 2.45) is 5.73 Å². The Morgan fingerprint density at radius 2 is 1.47 bits per heavy atom. The quantitative estimate of drug-likeness (QED) is 0.932. The second-order valence-corrected chi connectivity index (χ2v) is 5.52. The Balaban J connectivity index is 3.75. The zero-order valence-corrected chi connectivity index (χ0v) is 12.9. The first-order chi connectivity index (χ1) is 7.75. The Morgan fingerprint density at radius 3 is 1.82 bits per heavy atom. The zero-order valence-electron chi connectivity index (χ0n) is 11.3. The lowest BCUT2D eigenvalue weighted by molar-refractivity contribution is 0.341. The lowest BCUT2D eigenvalue weighted by atomic mass is 9.89. The topological polar surface area (TPSA) is 44.5 Å². The third kappa shape index (κ3) is 2.43. The molecule has 0 radical (unpaired) electrons. The lowest BCUT2D eigenvalue weighted by Crippen LogP contribution is -2.30. The van der Waals surface area contributed by atoms with Gasteiger partial charge in [0.05, 0.1) is 14.2 Å². The highest BCUT2D eigenvalue weighted by Gasteiger charge is 2.28. The van der Waals surface area contributed by atoms with Crippen molar-refractivity contribution in [2.45, 2.75) is 33.2 Å². The molecule has 96 valence electrons.